The molecule has 116 valence electrons. The molecule has 0 aliphatic heterocycles. The number of carbonyl (C=O) groups excluding carboxylic acids is 1. The number of aryl methyl sites for hydroxylation is 1. The summed E-state index contributed by atoms with van der Waals surface area (Å²) in [6.07, 6.45) is 2.89. The Kier molecular flexibility index (Phi) is 7.15. The van der Waals surface area contributed by atoms with Crippen LogP contribution in [-0.4, -0.2) is 23.3 Å². The molecule has 0 aliphatic rings. The molecule has 1 aromatic carbocycles. The van der Waals surface area contributed by atoms with Crippen LogP contribution >= 0.6 is 11.6 Å². The molecule has 1 atom stereocenters. The normalized spacial score (nSPS) is 12.0. The van der Waals surface area contributed by atoms with Gasteiger partial charge in [-0.2, -0.15) is 0 Å². The Balaban J connectivity index is 2.74. The molecule has 21 heavy (non-hydrogen) atoms. The Morgan fingerprint density at radius 3 is 2.71 bits per heavy atom. The van der Waals surface area contributed by atoms with Crippen LogP contribution < -0.4 is 5.32 Å². The summed E-state index contributed by atoms with van der Waals surface area (Å²) in [6, 6.07) is 4.32. The van der Waals surface area contributed by atoms with E-state index in [9.17, 15) is 14.9 Å². The largest absolute Gasteiger partial charge is 0.352 e. The molecule has 1 amide bonds. The van der Waals surface area contributed by atoms with Crippen LogP contribution in [0.4, 0.5) is 5.69 Å². The van der Waals surface area contributed by atoms with Crippen molar-refractivity contribution in [3.63, 3.8) is 0 Å². The first-order chi connectivity index (χ1) is 9.99. The fraction of sp³-hybridized carbons (Fsp3) is 0.533. The smallest absolute Gasteiger partial charge is 0.270 e. The van der Waals surface area contributed by atoms with Crippen molar-refractivity contribution in [3.8, 4) is 0 Å². The van der Waals surface area contributed by atoms with Crippen LogP contribution in [0.5, 0.6) is 0 Å². The number of rotatable bonds is 8. The maximum Gasteiger partial charge on any atom is 0.270 e. The van der Waals surface area contributed by atoms with E-state index < -0.39 is 4.92 Å². The van der Waals surface area contributed by atoms with E-state index in [1.165, 1.54) is 12.1 Å². The quantitative estimate of drug-likeness (QED) is 0.452. The maximum absolute atomic E-state index is 12.2. The van der Waals surface area contributed by atoms with Crippen molar-refractivity contribution in [2.24, 2.45) is 5.92 Å². The van der Waals surface area contributed by atoms with Gasteiger partial charge in [0.05, 0.1) is 4.92 Å². The van der Waals surface area contributed by atoms with Gasteiger partial charge in [-0.25, -0.2) is 0 Å². The van der Waals surface area contributed by atoms with Gasteiger partial charge in [-0.1, -0.05) is 19.4 Å². The van der Waals surface area contributed by atoms with Crippen LogP contribution in [0.15, 0.2) is 18.2 Å². The van der Waals surface area contributed by atoms with Crippen molar-refractivity contribution >= 4 is 23.2 Å². The van der Waals surface area contributed by atoms with Crippen LogP contribution in [0.3, 0.4) is 0 Å². The lowest BCUT2D eigenvalue weighted by molar-refractivity contribution is -0.384. The Labute approximate surface area is 129 Å². The van der Waals surface area contributed by atoms with Crippen molar-refractivity contribution < 1.29 is 9.72 Å². The second-order valence-corrected chi connectivity index (χ2v) is 5.48. The number of non-ortho nitro benzene ring substituents is 1. The highest BCUT2D eigenvalue weighted by molar-refractivity contribution is 6.17. The molecule has 0 bridgehead atoms. The molecule has 6 heteroatoms. The van der Waals surface area contributed by atoms with Crippen LogP contribution in [0.25, 0.3) is 0 Å². The molecule has 1 unspecified atom stereocenters. The third-order valence-electron chi connectivity index (χ3n) is 3.44. The average Bonchev–Trinajstić information content (AvgIpc) is 2.45. The summed E-state index contributed by atoms with van der Waals surface area (Å²) in [6.45, 7) is 4.40. The highest BCUT2D eigenvalue weighted by Crippen LogP contribution is 2.18. The number of nitrogens with one attached hydrogen (secondary N) is 1. The summed E-state index contributed by atoms with van der Waals surface area (Å²) in [5.74, 6) is 0.637. The molecule has 0 fully saturated rings. The van der Waals surface area contributed by atoms with Crippen LogP contribution in [0.1, 0.15) is 42.1 Å². The summed E-state index contributed by atoms with van der Waals surface area (Å²) in [5, 5.41) is 13.6. The first-order valence-electron chi connectivity index (χ1n) is 7.08. The summed E-state index contributed by atoms with van der Waals surface area (Å²) >= 11 is 5.76. The molecule has 0 radical (unpaired) electrons. The molecule has 0 saturated carbocycles. The standard InChI is InChI=1S/C15H21ClN2O3/c1-3-4-12(7-8-16)10-17-15(19)14-9-13(18(20)21)6-5-11(14)2/h5-6,9,12H,3-4,7-8,10H2,1-2H3,(H,17,19). The van der Waals surface area contributed by atoms with Gasteiger partial charge in [0.1, 0.15) is 0 Å². The number of carbonyl (C=O) groups is 1. The highest BCUT2D eigenvalue weighted by atomic mass is 35.5. The number of nitrogens with zero attached hydrogens (tertiary/aromatic N) is 1. The number of amides is 1. The molecule has 0 spiro atoms. The minimum Gasteiger partial charge on any atom is -0.352 e. The first-order valence-corrected chi connectivity index (χ1v) is 7.62. The van der Waals surface area contributed by atoms with Crippen molar-refractivity contribution in [3.05, 3.63) is 39.4 Å². The lowest BCUT2D eigenvalue weighted by Crippen LogP contribution is -2.30. The van der Waals surface area contributed by atoms with E-state index in [0.717, 1.165) is 24.8 Å². The van der Waals surface area contributed by atoms with Gasteiger partial charge in [0.2, 0.25) is 0 Å². The highest BCUT2D eigenvalue weighted by Gasteiger charge is 2.16. The van der Waals surface area contributed by atoms with Gasteiger partial charge in [0.25, 0.3) is 11.6 Å². The number of benzene rings is 1. The molecule has 0 heterocycles. The summed E-state index contributed by atoms with van der Waals surface area (Å²) in [5.41, 5.74) is 1.00. The van der Waals surface area contributed by atoms with Gasteiger partial charge < -0.3 is 5.32 Å². The number of nitro groups is 1. The molecule has 1 aromatic rings. The molecule has 1 N–H and O–H groups in total. The fourth-order valence-corrected chi connectivity index (χ4v) is 2.52. The Morgan fingerprint density at radius 2 is 2.14 bits per heavy atom. The zero-order valence-electron chi connectivity index (χ0n) is 12.4. The molecule has 0 aliphatic carbocycles. The van der Waals surface area contributed by atoms with Crippen LogP contribution in [0.2, 0.25) is 0 Å². The zero-order chi connectivity index (χ0) is 15.8. The summed E-state index contributed by atoms with van der Waals surface area (Å²) < 4.78 is 0. The van der Waals surface area contributed by atoms with E-state index in [1.807, 2.05) is 0 Å². The second-order valence-electron chi connectivity index (χ2n) is 5.10. The van der Waals surface area contributed by atoms with E-state index in [2.05, 4.69) is 12.2 Å². The van der Waals surface area contributed by atoms with Crippen LogP contribution in [0, 0.1) is 23.0 Å². The molecule has 5 nitrogen and oxygen atoms in total. The van der Waals surface area contributed by atoms with Crippen molar-refractivity contribution in [1.29, 1.82) is 0 Å². The third-order valence-corrected chi connectivity index (χ3v) is 3.66. The molecule has 0 saturated heterocycles. The summed E-state index contributed by atoms with van der Waals surface area (Å²) in [7, 11) is 0. The maximum atomic E-state index is 12.2. The molecule has 1 rings (SSSR count). The van der Waals surface area contributed by atoms with Gasteiger partial charge in [-0.3, -0.25) is 14.9 Å². The number of nitro benzene ring substituents is 1. The van der Waals surface area contributed by atoms with Gasteiger partial charge >= 0.3 is 0 Å². The SMILES string of the molecule is CCCC(CCCl)CNC(=O)c1cc([N+](=O)[O-])ccc1C. The van der Waals surface area contributed by atoms with Crippen LogP contribution in [-0.2, 0) is 0 Å². The van der Waals surface area contributed by atoms with Crippen molar-refractivity contribution in [2.75, 3.05) is 12.4 Å². The summed E-state index contributed by atoms with van der Waals surface area (Å²) in [4.78, 5) is 22.5. The lowest BCUT2D eigenvalue weighted by atomic mass is 10.0. The number of alkyl halides is 1. The lowest BCUT2D eigenvalue weighted by Gasteiger charge is -2.16. The van der Waals surface area contributed by atoms with Crippen molar-refractivity contribution in [1.82, 2.24) is 5.32 Å². The average molecular weight is 313 g/mol. The Hall–Kier alpha value is -1.62. The topological polar surface area (TPSA) is 72.2 Å². The van der Waals surface area contributed by atoms with Gasteiger partial charge in [0, 0.05) is 30.1 Å². The Morgan fingerprint density at radius 1 is 1.43 bits per heavy atom. The third kappa shape index (κ3) is 5.34. The number of halogens is 1. The monoisotopic (exact) mass is 312 g/mol. The predicted octanol–water partition coefficient (Wildman–Crippen LogP) is 3.68. The Bertz CT molecular complexity index is 500. The number of hydrogen-bond donors (Lipinski definition) is 1. The van der Waals surface area contributed by atoms with E-state index >= 15 is 0 Å². The first kappa shape index (κ1) is 17.4. The van der Waals surface area contributed by atoms with Gasteiger partial charge in [0.15, 0.2) is 0 Å². The minimum atomic E-state index is -0.496. The van der Waals surface area contributed by atoms with Crippen molar-refractivity contribution in [2.45, 2.75) is 33.1 Å². The second kappa shape index (κ2) is 8.62. The van der Waals surface area contributed by atoms with Gasteiger partial charge in [-0.15, -0.1) is 11.6 Å². The molecular formula is C15H21ClN2O3. The van der Waals surface area contributed by atoms with E-state index in [1.54, 1.807) is 13.0 Å². The fourth-order valence-electron chi connectivity index (χ4n) is 2.21. The van der Waals surface area contributed by atoms with E-state index in [0.29, 0.717) is 23.9 Å². The van der Waals surface area contributed by atoms with E-state index in [-0.39, 0.29) is 11.6 Å². The molecular weight excluding hydrogens is 292 g/mol. The number of hydrogen-bond acceptors (Lipinski definition) is 3. The van der Waals surface area contributed by atoms with E-state index in [4.69, 9.17) is 11.6 Å². The molecule has 0 aromatic heterocycles. The minimum absolute atomic E-state index is 0.0726. The van der Waals surface area contributed by atoms with Gasteiger partial charge in [-0.05, 0) is 31.2 Å². The zero-order valence-corrected chi connectivity index (χ0v) is 13.2. The predicted molar refractivity (Wildman–Crippen MR) is 83.9 cm³/mol.